The van der Waals surface area contributed by atoms with Crippen molar-refractivity contribution in [3.63, 3.8) is 0 Å². The maximum atomic E-state index is 13.0. The summed E-state index contributed by atoms with van der Waals surface area (Å²) in [6.45, 7) is 7.76. The van der Waals surface area contributed by atoms with Gasteiger partial charge in [-0.2, -0.15) is 0 Å². The molecule has 3 rings (SSSR count). The number of ketones is 1. The molecule has 5 heteroatoms. The van der Waals surface area contributed by atoms with Crippen molar-refractivity contribution in [2.75, 3.05) is 0 Å². The van der Waals surface area contributed by atoms with Crippen LogP contribution in [0.3, 0.4) is 0 Å². The molecule has 27 heavy (non-hydrogen) atoms. The van der Waals surface area contributed by atoms with Crippen LogP contribution in [0.25, 0.3) is 11.0 Å². The fraction of sp³-hybridized carbons (Fsp3) is 0.273. The number of carbonyl (C=O) groups excluding carboxylic acids is 1. The molecule has 0 aliphatic rings. The number of benzene rings is 2. The molecule has 3 aromatic rings. The third-order valence-corrected chi connectivity index (χ3v) is 5.07. The average Bonchev–Trinajstić information content (AvgIpc) is 2.60. The lowest BCUT2D eigenvalue weighted by atomic mass is 9.87. The molecule has 4 nitrogen and oxygen atoms in total. The number of para-hydroxylation sites is 1. The summed E-state index contributed by atoms with van der Waals surface area (Å²) in [6.07, 6.45) is 0.217. The summed E-state index contributed by atoms with van der Waals surface area (Å²) in [6, 6.07) is 17.0. The third kappa shape index (κ3) is 4.36. The first-order valence-corrected chi connectivity index (χ1v) is 12.5. The SMILES string of the molecule is CC(=O)CC(c1ccccc1)c1c(O[Si](C)(C)C)c2ccccc2oc1=O. The van der Waals surface area contributed by atoms with E-state index in [4.69, 9.17) is 8.84 Å². The highest BCUT2D eigenvalue weighted by molar-refractivity contribution is 6.70. The fourth-order valence-corrected chi connectivity index (χ4v) is 4.04. The number of hydrogen-bond acceptors (Lipinski definition) is 4. The first-order valence-electron chi connectivity index (χ1n) is 9.05. The summed E-state index contributed by atoms with van der Waals surface area (Å²) >= 11 is 0. The second kappa shape index (κ2) is 7.52. The predicted octanol–water partition coefficient (Wildman–Crippen LogP) is 5.12. The largest absolute Gasteiger partial charge is 0.543 e. The lowest BCUT2D eigenvalue weighted by Gasteiger charge is -2.25. The Labute approximate surface area is 159 Å². The lowest BCUT2D eigenvalue weighted by Crippen LogP contribution is -2.31. The molecular formula is C22H24O4Si. The maximum absolute atomic E-state index is 13.0. The second-order valence-electron chi connectivity index (χ2n) is 7.71. The molecule has 0 saturated carbocycles. The standard InChI is InChI=1S/C22H24O4Si/c1-15(23)14-18(16-10-6-5-7-11-16)20-21(26-27(2,3)4)17-12-8-9-13-19(17)25-22(20)24/h5-13,18H,14H2,1-4H3. The molecular weight excluding hydrogens is 356 g/mol. The minimum absolute atomic E-state index is 0.00960. The summed E-state index contributed by atoms with van der Waals surface area (Å²) in [4.78, 5) is 25.0. The Morgan fingerprint density at radius 3 is 2.30 bits per heavy atom. The van der Waals surface area contributed by atoms with Gasteiger partial charge in [-0.3, -0.25) is 4.79 Å². The summed E-state index contributed by atoms with van der Waals surface area (Å²) in [5.74, 6) is 0.155. The fourth-order valence-electron chi connectivity index (χ4n) is 3.21. The van der Waals surface area contributed by atoms with Crippen LogP contribution < -0.4 is 10.1 Å². The molecule has 140 valence electrons. The van der Waals surface area contributed by atoms with Crippen LogP contribution in [-0.4, -0.2) is 14.1 Å². The Bertz CT molecular complexity index is 1020. The number of rotatable bonds is 6. The Balaban J connectivity index is 2.33. The van der Waals surface area contributed by atoms with Crippen LogP contribution >= 0.6 is 0 Å². The van der Waals surface area contributed by atoms with E-state index in [1.165, 1.54) is 6.92 Å². The molecule has 0 radical (unpaired) electrons. The van der Waals surface area contributed by atoms with E-state index in [1.54, 1.807) is 6.07 Å². The van der Waals surface area contributed by atoms with Crippen LogP contribution in [0, 0.1) is 0 Å². The first-order chi connectivity index (χ1) is 12.8. The monoisotopic (exact) mass is 380 g/mol. The third-order valence-electron chi connectivity index (χ3n) is 4.25. The van der Waals surface area contributed by atoms with Gasteiger partial charge in [0, 0.05) is 12.3 Å². The zero-order valence-electron chi connectivity index (χ0n) is 16.1. The molecule has 0 bridgehead atoms. The molecule has 2 aromatic carbocycles. The molecule has 0 amide bonds. The normalized spacial score (nSPS) is 12.7. The van der Waals surface area contributed by atoms with Crippen molar-refractivity contribution < 1.29 is 13.6 Å². The van der Waals surface area contributed by atoms with Crippen LogP contribution in [0.15, 0.2) is 63.8 Å². The van der Waals surface area contributed by atoms with Crippen molar-refractivity contribution in [1.29, 1.82) is 0 Å². The van der Waals surface area contributed by atoms with E-state index in [1.807, 2.05) is 48.5 Å². The van der Waals surface area contributed by atoms with Crippen molar-refractivity contribution in [3.8, 4) is 5.75 Å². The van der Waals surface area contributed by atoms with Gasteiger partial charge in [-0.15, -0.1) is 0 Å². The van der Waals surface area contributed by atoms with Crippen LogP contribution in [-0.2, 0) is 4.79 Å². The van der Waals surface area contributed by atoms with Gasteiger partial charge >= 0.3 is 5.63 Å². The van der Waals surface area contributed by atoms with E-state index < -0.39 is 19.9 Å². The van der Waals surface area contributed by atoms with Crippen LogP contribution in [0.5, 0.6) is 5.75 Å². The van der Waals surface area contributed by atoms with Crippen molar-refractivity contribution in [1.82, 2.24) is 0 Å². The summed E-state index contributed by atoms with van der Waals surface area (Å²) in [5.41, 5.74) is 1.37. The van der Waals surface area contributed by atoms with Crippen molar-refractivity contribution >= 4 is 25.1 Å². The van der Waals surface area contributed by atoms with Gasteiger partial charge < -0.3 is 8.84 Å². The minimum atomic E-state index is -2.02. The van der Waals surface area contributed by atoms with Crippen LogP contribution in [0.4, 0.5) is 0 Å². The van der Waals surface area contributed by atoms with E-state index in [-0.39, 0.29) is 12.2 Å². The van der Waals surface area contributed by atoms with Crippen molar-refractivity contribution in [3.05, 3.63) is 76.1 Å². The zero-order valence-corrected chi connectivity index (χ0v) is 17.1. The second-order valence-corrected chi connectivity index (χ2v) is 12.1. The van der Waals surface area contributed by atoms with Gasteiger partial charge in [0.1, 0.15) is 17.1 Å². The molecule has 0 fully saturated rings. The Kier molecular flexibility index (Phi) is 5.33. The Hall–Kier alpha value is -2.66. The minimum Gasteiger partial charge on any atom is -0.543 e. The topological polar surface area (TPSA) is 56.5 Å². The number of Topliss-reactive ketones (excluding diaryl/α,β-unsaturated/α-hetero) is 1. The number of hydrogen-bond donors (Lipinski definition) is 0. The van der Waals surface area contributed by atoms with E-state index in [2.05, 4.69) is 19.6 Å². The average molecular weight is 381 g/mol. The van der Waals surface area contributed by atoms with Gasteiger partial charge in [-0.25, -0.2) is 4.79 Å². The highest BCUT2D eigenvalue weighted by Crippen LogP contribution is 2.38. The molecule has 1 atom stereocenters. The lowest BCUT2D eigenvalue weighted by molar-refractivity contribution is -0.117. The molecule has 0 N–H and O–H groups in total. The highest BCUT2D eigenvalue weighted by atomic mass is 28.4. The molecule has 0 spiro atoms. The summed E-state index contributed by atoms with van der Waals surface area (Å²) < 4.78 is 12.0. The quantitative estimate of drug-likeness (QED) is 0.440. The molecule has 1 heterocycles. The van der Waals surface area contributed by atoms with Gasteiger partial charge in [0.25, 0.3) is 0 Å². The van der Waals surface area contributed by atoms with E-state index in [0.29, 0.717) is 16.9 Å². The van der Waals surface area contributed by atoms with Gasteiger partial charge in [0.15, 0.2) is 0 Å². The van der Waals surface area contributed by atoms with E-state index in [0.717, 1.165) is 10.9 Å². The van der Waals surface area contributed by atoms with Crippen molar-refractivity contribution in [2.45, 2.75) is 38.9 Å². The molecule has 0 aliphatic heterocycles. The van der Waals surface area contributed by atoms with Crippen LogP contribution in [0.2, 0.25) is 19.6 Å². The van der Waals surface area contributed by atoms with E-state index in [9.17, 15) is 9.59 Å². The molecule has 1 aromatic heterocycles. The highest BCUT2D eigenvalue weighted by Gasteiger charge is 2.29. The predicted molar refractivity (Wildman–Crippen MR) is 110 cm³/mol. The van der Waals surface area contributed by atoms with Gasteiger partial charge in [0.05, 0.1) is 10.9 Å². The Morgan fingerprint density at radius 1 is 1.04 bits per heavy atom. The molecule has 1 unspecified atom stereocenters. The zero-order chi connectivity index (χ0) is 19.6. The van der Waals surface area contributed by atoms with Gasteiger partial charge in [0.2, 0.25) is 8.32 Å². The molecule has 0 aliphatic carbocycles. The maximum Gasteiger partial charge on any atom is 0.343 e. The molecule has 0 saturated heterocycles. The number of carbonyl (C=O) groups is 1. The Morgan fingerprint density at radius 2 is 1.67 bits per heavy atom. The summed E-state index contributed by atoms with van der Waals surface area (Å²) in [7, 11) is -2.02. The smallest absolute Gasteiger partial charge is 0.343 e. The van der Waals surface area contributed by atoms with Gasteiger partial charge in [-0.05, 0) is 44.3 Å². The summed E-state index contributed by atoms with van der Waals surface area (Å²) in [5, 5.41) is 0.763. The number of fused-ring (bicyclic) bond motifs is 1. The van der Waals surface area contributed by atoms with Crippen LogP contribution in [0.1, 0.15) is 30.4 Å². The van der Waals surface area contributed by atoms with Gasteiger partial charge in [-0.1, -0.05) is 42.5 Å². The first kappa shape index (κ1) is 19.1. The van der Waals surface area contributed by atoms with E-state index >= 15 is 0 Å². The van der Waals surface area contributed by atoms with Crippen molar-refractivity contribution in [2.24, 2.45) is 0 Å².